The molecule has 2 N–H and O–H groups in total. The second kappa shape index (κ2) is 6.00. The quantitative estimate of drug-likeness (QED) is 0.703. The molecule has 0 aliphatic heterocycles. The molecule has 1 amide bonds. The summed E-state index contributed by atoms with van der Waals surface area (Å²) in [5.74, 6) is -0.619. The zero-order chi connectivity index (χ0) is 13.7. The normalized spacial score (nSPS) is 12.1. The standard InChI is InChI=1S/C12H24N2O3/c1-11(2,3)13-8-7-9(15)14-12(4,5)10(16)17-6/h13H,7-8H2,1-6H3,(H,14,15). The fourth-order valence-corrected chi connectivity index (χ4v) is 1.27. The number of hydrogen-bond donors (Lipinski definition) is 2. The molecule has 0 fully saturated rings. The lowest BCUT2D eigenvalue weighted by Crippen LogP contribution is -2.51. The highest BCUT2D eigenvalue weighted by atomic mass is 16.5. The Labute approximate surface area is 103 Å². The van der Waals surface area contributed by atoms with Gasteiger partial charge in [0, 0.05) is 18.5 Å². The molecular weight excluding hydrogens is 220 g/mol. The Hall–Kier alpha value is -1.10. The highest BCUT2D eigenvalue weighted by Gasteiger charge is 2.30. The molecule has 0 heterocycles. The van der Waals surface area contributed by atoms with Gasteiger partial charge in [0.1, 0.15) is 5.54 Å². The van der Waals surface area contributed by atoms with Crippen molar-refractivity contribution >= 4 is 11.9 Å². The lowest BCUT2D eigenvalue weighted by atomic mass is 10.1. The van der Waals surface area contributed by atoms with Crippen LogP contribution in [0.1, 0.15) is 41.0 Å². The molecular formula is C12H24N2O3. The second-order valence-electron chi connectivity index (χ2n) is 5.59. The number of carbonyl (C=O) groups excluding carboxylic acids is 2. The fourth-order valence-electron chi connectivity index (χ4n) is 1.27. The molecule has 0 aromatic heterocycles. The van der Waals surface area contributed by atoms with Gasteiger partial charge in [-0.05, 0) is 34.6 Å². The SMILES string of the molecule is COC(=O)C(C)(C)NC(=O)CCNC(C)(C)C. The molecule has 100 valence electrons. The predicted molar refractivity (Wildman–Crippen MR) is 66.6 cm³/mol. The third-order valence-electron chi connectivity index (χ3n) is 2.16. The van der Waals surface area contributed by atoms with E-state index < -0.39 is 11.5 Å². The number of ether oxygens (including phenoxy) is 1. The molecule has 0 aliphatic carbocycles. The van der Waals surface area contributed by atoms with E-state index in [9.17, 15) is 9.59 Å². The maximum absolute atomic E-state index is 11.6. The summed E-state index contributed by atoms with van der Waals surface area (Å²) in [5, 5.41) is 5.84. The van der Waals surface area contributed by atoms with Crippen molar-refractivity contribution in [2.75, 3.05) is 13.7 Å². The molecule has 5 heteroatoms. The van der Waals surface area contributed by atoms with Crippen LogP contribution in [0.15, 0.2) is 0 Å². The van der Waals surface area contributed by atoms with Crippen molar-refractivity contribution < 1.29 is 14.3 Å². The van der Waals surface area contributed by atoms with Crippen molar-refractivity contribution in [1.29, 1.82) is 0 Å². The van der Waals surface area contributed by atoms with Crippen LogP contribution in [-0.4, -0.2) is 36.6 Å². The first-order chi connectivity index (χ1) is 7.58. The molecule has 0 unspecified atom stereocenters. The van der Waals surface area contributed by atoms with Gasteiger partial charge in [0.15, 0.2) is 0 Å². The Morgan fingerprint density at radius 2 is 1.65 bits per heavy atom. The minimum absolute atomic E-state index is 0.0157. The summed E-state index contributed by atoms with van der Waals surface area (Å²) >= 11 is 0. The summed E-state index contributed by atoms with van der Waals surface area (Å²) in [6.07, 6.45) is 0.331. The highest BCUT2D eigenvalue weighted by Crippen LogP contribution is 2.05. The van der Waals surface area contributed by atoms with Crippen LogP contribution in [0.3, 0.4) is 0 Å². The maximum Gasteiger partial charge on any atom is 0.330 e. The summed E-state index contributed by atoms with van der Waals surface area (Å²) in [5.41, 5.74) is -0.994. The van der Waals surface area contributed by atoms with Crippen LogP contribution in [0.2, 0.25) is 0 Å². The van der Waals surface area contributed by atoms with Crippen molar-refractivity contribution in [2.45, 2.75) is 52.1 Å². The second-order valence-corrected chi connectivity index (χ2v) is 5.59. The van der Waals surface area contributed by atoms with Gasteiger partial charge < -0.3 is 15.4 Å². The number of carbonyl (C=O) groups is 2. The highest BCUT2D eigenvalue weighted by molar-refractivity contribution is 5.87. The Morgan fingerprint density at radius 3 is 2.06 bits per heavy atom. The van der Waals surface area contributed by atoms with Crippen LogP contribution in [-0.2, 0) is 14.3 Å². The average molecular weight is 244 g/mol. The zero-order valence-corrected chi connectivity index (χ0v) is 11.6. The van der Waals surface area contributed by atoms with E-state index in [1.54, 1.807) is 13.8 Å². The number of rotatable bonds is 5. The fraction of sp³-hybridized carbons (Fsp3) is 0.833. The molecule has 0 radical (unpaired) electrons. The lowest BCUT2D eigenvalue weighted by molar-refractivity contribution is -0.149. The van der Waals surface area contributed by atoms with Crippen molar-refractivity contribution in [2.24, 2.45) is 0 Å². The molecule has 0 rings (SSSR count). The topological polar surface area (TPSA) is 67.4 Å². The molecule has 0 spiro atoms. The molecule has 0 atom stereocenters. The third kappa shape index (κ3) is 6.94. The van der Waals surface area contributed by atoms with Gasteiger partial charge in [-0.3, -0.25) is 4.79 Å². The first-order valence-electron chi connectivity index (χ1n) is 5.73. The largest absolute Gasteiger partial charge is 0.467 e. The van der Waals surface area contributed by atoms with E-state index in [1.165, 1.54) is 7.11 Å². The van der Waals surface area contributed by atoms with E-state index in [0.29, 0.717) is 13.0 Å². The maximum atomic E-state index is 11.6. The smallest absolute Gasteiger partial charge is 0.330 e. The van der Waals surface area contributed by atoms with Crippen LogP contribution in [0.25, 0.3) is 0 Å². The Bertz CT molecular complexity index is 280. The van der Waals surface area contributed by atoms with Gasteiger partial charge in [0.05, 0.1) is 7.11 Å². The number of amides is 1. The van der Waals surface area contributed by atoms with Crippen LogP contribution < -0.4 is 10.6 Å². The number of nitrogens with one attached hydrogen (secondary N) is 2. The predicted octanol–water partition coefficient (Wildman–Crippen LogP) is 0.832. The molecule has 0 aromatic carbocycles. The van der Waals surface area contributed by atoms with Crippen LogP contribution in [0.5, 0.6) is 0 Å². The van der Waals surface area contributed by atoms with Gasteiger partial charge >= 0.3 is 5.97 Å². The Balaban J connectivity index is 4.06. The van der Waals surface area contributed by atoms with Gasteiger partial charge in [0.2, 0.25) is 5.91 Å². The van der Waals surface area contributed by atoms with E-state index in [1.807, 2.05) is 20.8 Å². The summed E-state index contributed by atoms with van der Waals surface area (Å²) in [6, 6.07) is 0. The van der Waals surface area contributed by atoms with Crippen molar-refractivity contribution in [3.63, 3.8) is 0 Å². The van der Waals surface area contributed by atoms with E-state index in [0.717, 1.165) is 0 Å². The summed E-state index contributed by atoms with van der Waals surface area (Å²) in [4.78, 5) is 23.0. The minimum atomic E-state index is -0.979. The zero-order valence-electron chi connectivity index (χ0n) is 11.6. The van der Waals surface area contributed by atoms with E-state index >= 15 is 0 Å². The molecule has 0 aliphatic rings. The van der Waals surface area contributed by atoms with Crippen LogP contribution >= 0.6 is 0 Å². The molecule has 5 nitrogen and oxygen atoms in total. The summed E-state index contributed by atoms with van der Waals surface area (Å²) in [7, 11) is 1.30. The van der Waals surface area contributed by atoms with Crippen molar-refractivity contribution in [1.82, 2.24) is 10.6 Å². The monoisotopic (exact) mass is 244 g/mol. The van der Waals surface area contributed by atoms with Gasteiger partial charge in [-0.1, -0.05) is 0 Å². The number of methoxy groups -OCH3 is 1. The van der Waals surface area contributed by atoms with Gasteiger partial charge in [-0.25, -0.2) is 4.79 Å². The first kappa shape index (κ1) is 15.9. The van der Waals surface area contributed by atoms with Crippen LogP contribution in [0, 0.1) is 0 Å². The van der Waals surface area contributed by atoms with Gasteiger partial charge in [0.25, 0.3) is 0 Å². The first-order valence-corrected chi connectivity index (χ1v) is 5.73. The average Bonchev–Trinajstić information content (AvgIpc) is 2.13. The van der Waals surface area contributed by atoms with Crippen LogP contribution in [0.4, 0.5) is 0 Å². The molecule has 17 heavy (non-hydrogen) atoms. The molecule has 0 aromatic rings. The Morgan fingerprint density at radius 1 is 1.12 bits per heavy atom. The molecule has 0 saturated heterocycles. The van der Waals surface area contributed by atoms with E-state index in [2.05, 4.69) is 15.4 Å². The van der Waals surface area contributed by atoms with Crippen molar-refractivity contribution in [3.05, 3.63) is 0 Å². The van der Waals surface area contributed by atoms with Gasteiger partial charge in [-0.2, -0.15) is 0 Å². The van der Waals surface area contributed by atoms with Crippen molar-refractivity contribution in [3.8, 4) is 0 Å². The van der Waals surface area contributed by atoms with E-state index in [-0.39, 0.29) is 11.4 Å². The third-order valence-corrected chi connectivity index (χ3v) is 2.16. The molecule has 0 bridgehead atoms. The van der Waals surface area contributed by atoms with E-state index in [4.69, 9.17) is 0 Å². The summed E-state index contributed by atoms with van der Waals surface area (Å²) in [6.45, 7) is 9.91. The lowest BCUT2D eigenvalue weighted by Gasteiger charge is -2.24. The summed E-state index contributed by atoms with van der Waals surface area (Å²) < 4.78 is 4.61. The minimum Gasteiger partial charge on any atom is -0.467 e. The number of hydrogen-bond acceptors (Lipinski definition) is 4. The molecule has 0 saturated carbocycles. The number of esters is 1. The Kier molecular flexibility index (Phi) is 5.61. The van der Waals surface area contributed by atoms with Gasteiger partial charge in [-0.15, -0.1) is 0 Å².